The summed E-state index contributed by atoms with van der Waals surface area (Å²) in [7, 11) is 0. The maximum Gasteiger partial charge on any atom is 0.167 e. The van der Waals surface area contributed by atoms with E-state index in [4.69, 9.17) is 0 Å². The second kappa shape index (κ2) is 6.93. The highest BCUT2D eigenvalue weighted by molar-refractivity contribution is 6.07. The van der Waals surface area contributed by atoms with E-state index in [1.165, 1.54) is 5.56 Å². The number of nitrogens with zero attached hydrogens (tertiary/aromatic N) is 1. The van der Waals surface area contributed by atoms with Crippen molar-refractivity contribution in [3.63, 3.8) is 0 Å². The second-order valence-corrected chi connectivity index (χ2v) is 8.81. The van der Waals surface area contributed by atoms with E-state index in [0.717, 1.165) is 40.3 Å². The van der Waals surface area contributed by atoms with Crippen molar-refractivity contribution in [2.75, 3.05) is 5.32 Å². The summed E-state index contributed by atoms with van der Waals surface area (Å²) in [5.41, 5.74) is 6.93. The fraction of sp³-hybridized carbons (Fsp3) is 0.333. The van der Waals surface area contributed by atoms with Crippen LogP contribution in [0.4, 0.5) is 11.4 Å². The quantitative estimate of drug-likeness (QED) is 0.581. The molecule has 1 aliphatic rings. The van der Waals surface area contributed by atoms with Gasteiger partial charge in [0.05, 0.1) is 16.9 Å². The number of fused-ring (bicyclic) bond motifs is 1. The number of nitrogens with one attached hydrogen (secondary N) is 2. The van der Waals surface area contributed by atoms with Crippen LogP contribution in [0.2, 0.25) is 0 Å². The van der Waals surface area contributed by atoms with Gasteiger partial charge in [0.2, 0.25) is 0 Å². The molecule has 4 heteroatoms. The maximum atomic E-state index is 13.0. The Morgan fingerprint density at radius 3 is 2.36 bits per heavy atom. The topological polar surface area (TPSA) is 57.8 Å². The Kier molecular flexibility index (Phi) is 4.58. The first kappa shape index (κ1) is 18.5. The standard InChI is InChI=1S/C24H27N3O/c1-15(2)16-5-7-18(8-6-16)26-23-21-19(13-24(3,4)14-20(21)28)27-22(23)17-9-11-25-12-10-17/h5-12,15,26-27H,13-14H2,1-4H3. The number of anilines is 2. The van der Waals surface area contributed by atoms with Crippen molar-refractivity contribution in [1.29, 1.82) is 0 Å². The number of hydrogen-bond acceptors (Lipinski definition) is 3. The van der Waals surface area contributed by atoms with E-state index in [9.17, 15) is 4.79 Å². The van der Waals surface area contributed by atoms with Gasteiger partial charge in [-0.25, -0.2) is 0 Å². The van der Waals surface area contributed by atoms with E-state index >= 15 is 0 Å². The predicted octanol–water partition coefficient (Wildman–Crippen LogP) is 6.10. The van der Waals surface area contributed by atoms with Gasteiger partial charge < -0.3 is 10.3 Å². The summed E-state index contributed by atoms with van der Waals surface area (Å²) in [5, 5.41) is 3.53. The molecule has 144 valence electrons. The van der Waals surface area contributed by atoms with E-state index in [2.05, 4.69) is 67.2 Å². The predicted molar refractivity (Wildman–Crippen MR) is 114 cm³/mol. The van der Waals surface area contributed by atoms with Crippen LogP contribution in [0.25, 0.3) is 11.3 Å². The molecule has 0 unspecified atom stereocenters. The third-order valence-electron chi connectivity index (χ3n) is 5.47. The summed E-state index contributed by atoms with van der Waals surface area (Å²) in [5.74, 6) is 0.689. The molecule has 1 aromatic carbocycles. The van der Waals surface area contributed by atoms with Crippen molar-refractivity contribution >= 4 is 17.2 Å². The van der Waals surface area contributed by atoms with Gasteiger partial charge >= 0.3 is 0 Å². The van der Waals surface area contributed by atoms with Crippen molar-refractivity contribution in [3.8, 4) is 11.3 Å². The van der Waals surface area contributed by atoms with Crippen LogP contribution in [0, 0.1) is 5.41 Å². The third-order valence-corrected chi connectivity index (χ3v) is 5.47. The first-order chi connectivity index (χ1) is 13.3. The summed E-state index contributed by atoms with van der Waals surface area (Å²) >= 11 is 0. The lowest BCUT2D eigenvalue weighted by Crippen LogP contribution is -2.26. The Labute approximate surface area is 166 Å². The molecule has 2 heterocycles. The largest absolute Gasteiger partial charge is 0.356 e. The van der Waals surface area contributed by atoms with Crippen molar-refractivity contribution in [2.24, 2.45) is 5.41 Å². The van der Waals surface area contributed by atoms with Crippen LogP contribution in [-0.2, 0) is 6.42 Å². The molecular formula is C24H27N3O. The summed E-state index contributed by atoms with van der Waals surface area (Å²) in [6.45, 7) is 8.68. The SMILES string of the molecule is CC(C)c1ccc(Nc2c(-c3ccncc3)[nH]c3c2C(=O)CC(C)(C)C3)cc1. The zero-order valence-corrected chi connectivity index (χ0v) is 17.0. The summed E-state index contributed by atoms with van der Waals surface area (Å²) in [4.78, 5) is 20.7. The average molecular weight is 374 g/mol. The molecule has 0 radical (unpaired) electrons. The number of Topliss-reactive ketones (excluding diaryl/α,β-unsaturated/α-hetero) is 1. The second-order valence-electron chi connectivity index (χ2n) is 8.81. The van der Waals surface area contributed by atoms with Crippen LogP contribution in [0.3, 0.4) is 0 Å². The lowest BCUT2D eigenvalue weighted by Gasteiger charge is -2.28. The molecule has 4 nitrogen and oxygen atoms in total. The molecule has 2 N–H and O–H groups in total. The van der Waals surface area contributed by atoms with Crippen molar-refractivity contribution in [3.05, 3.63) is 65.6 Å². The zero-order valence-electron chi connectivity index (χ0n) is 17.0. The number of rotatable bonds is 4. The molecule has 0 atom stereocenters. The van der Waals surface area contributed by atoms with Crippen LogP contribution in [0.5, 0.6) is 0 Å². The van der Waals surface area contributed by atoms with Gasteiger partial charge in [-0.3, -0.25) is 9.78 Å². The van der Waals surface area contributed by atoms with Gasteiger partial charge in [0, 0.05) is 35.8 Å². The Morgan fingerprint density at radius 1 is 1.04 bits per heavy atom. The van der Waals surface area contributed by atoms with Crippen LogP contribution in [0.1, 0.15) is 61.6 Å². The fourth-order valence-electron chi connectivity index (χ4n) is 4.01. The minimum absolute atomic E-state index is 0.0272. The number of aromatic nitrogens is 2. The van der Waals surface area contributed by atoms with Crippen molar-refractivity contribution in [1.82, 2.24) is 9.97 Å². The lowest BCUT2D eigenvalue weighted by molar-refractivity contribution is 0.0912. The Bertz CT molecular complexity index is 998. The number of carbonyl (C=O) groups is 1. The number of carbonyl (C=O) groups excluding carboxylic acids is 1. The Morgan fingerprint density at radius 2 is 1.71 bits per heavy atom. The Balaban J connectivity index is 1.80. The van der Waals surface area contributed by atoms with Crippen LogP contribution < -0.4 is 5.32 Å². The maximum absolute atomic E-state index is 13.0. The fourth-order valence-corrected chi connectivity index (χ4v) is 4.01. The molecule has 4 rings (SSSR count). The number of aromatic amines is 1. The number of H-pyrrole nitrogens is 1. The van der Waals surface area contributed by atoms with Crippen LogP contribution in [0.15, 0.2) is 48.8 Å². The summed E-state index contributed by atoms with van der Waals surface area (Å²) in [6.07, 6.45) is 4.99. The normalized spacial score (nSPS) is 15.5. The molecule has 0 bridgehead atoms. The highest BCUT2D eigenvalue weighted by atomic mass is 16.1. The highest BCUT2D eigenvalue weighted by Crippen LogP contribution is 2.43. The first-order valence-electron chi connectivity index (χ1n) is 9.89. The minimum Gasteiger partial charge on any atom is -0.356 e. The molecule has 0 amide bonds. The highest BCUT2D eigenvalue weighted by Gasteiger charge is 2.35. The molecule has 2 aromatic heterocycles. The van der Waals surface area contributed by atoms with E-state index in [-0.39, 0.29) is 11.2 Å². The molecule has 0 saturated heterocycles. The minimum atomic E-state index is -0.0272. The van der Waals surface area contributed by atoms with E-state index in [0.29, 0.717) is 12.3 Å². The Hall–Kier alpha value is -2.88. The zero-order chi connectivity index (χ0) is 19.9. The smallest absolute Gasteiger partial charge is 0.167 e. The summed E-state index contributed by atoms with van der Waals surface area (Å²) in [6, 6.07) is 12.4. The molecule has 0 spiro atoms. The van der Waals surface area contributed by atoms with Gasteiger partial charge in [-0.1, -0.05) is 39.8 Å². The van der Waals surface area contributed by atoms with Crippen LogP contribution >= 0.6 is 0 Å². The van der Waals surface area contributed by atoms with Crippen molar-refractivity contribution < 1.29 is 4.79 Å². The molecule has 28 heavy (non-hydrogen) atoms. The average Bonchev–Trinajstić information content (AvgIpc) is 3.00. The van der Waals surface area contributed by atoms with Gasteiger partial charge in [-0.2, -0.15) is 0 Å². The van der Waals surface area contributed by atoms with E-state index in [1.807, 2.05) is 12.1 Å². The number of pyridine rings is 1. The van der Waals surface area contributed by atoms with Gasteiger partial charge in [0.1, 0.15) is 0 Å². The number of hydrogen-bond donors (Lipinski definition) is 2. The van der Waals surface area contributed by atoms with Gasteiger partial charge in [0.25, 0.3) is 0 Å². The molecular weight excluding hydrogens is 346 g/mol. The number of ketones is 1. The van der Waals surface area contributed by atoms with Gasteiger partial charge in [-0.15, -0.1) is 0 Å². The molecule has 0 aliphatic heterocycles. The molecule has 1 aliphatic carbocycles. The third kappa shape index (κ3) is 3.47. The van der Waals surface area contributed by atoms with E-state index in [1.54, 1.807) is 12.4 Å². The molecule has 0 fully saturated rings. The summed E-state index contributed by atoms with van der Waals surface area (Å²) < 4.78 is 0. The van der Waals surface area contributed by atoms with E-state index < -0.39 is 0 Å². The molecule has 3 aromatic rings. The molecule has 0 saturated carbocycles. The lowest BCUT2D eigenvalue weighted by atomic mass is 9.76. The number of benzene rings is 1. The monoisotopic (exact) mass is 373 g/mol. The van der Waals surface area contributed by atoms with Gasteiger partial charge in [0.15, 0.2) is 5.78 Å². The van der Waals surface area contributed by atoms with Crippen LogP contribution in [-0.4, -0.2) is 15.8 Å². The van der Waals surface area contributed by atoms with Gasteiger partial charge in [-0.05, 0) is 47.6 Å². The first-order valence-corrected chi connectivity index (χ1v) is 9.89. The van der Waals surface area contributed by atoms with Crippen molar-refractivity contribution in [2.45, 2.75) is 46.5 Å².